The molecule has 1 aliphatic carbocycles. The number of hydrogen-bond acceptors (Lipinski definition) is 5. The molecule has 1 amide bonds. The van der Waals surface area contributed by atoms with Crippen molar-refractivity contribution in [2.24, 2.45) is 7.05 Å². The average Bonchev–Trinajstić information content (AvgIpc) is 3.29. The van der Waals surface area contributed by atoms with Crippen molar-refractivity contribution in [3.05, 3.63) is 34.7 Å². The van der Waals surface area contributed by atoms with Crippen molar-refractivity contribution < 1.29 is 4.79 Å². The second-order valence-electron chi connectivity index (χ2n) is 6.62. The first-order valence-corrected chi connectivity index (χ1v) is 8.53. The number of rotatable bonds is 5. The summed E-state index contributed by atoms with van der Waals surface area (Å²) < 4.78 is 1.75. The zero-order chi connectivity index (χ0) is 17.6. The van der Waals surface area contributed by atoms with Gasteiger partial charge in [0.1, 0.15) is 5.82 Å². The highest BCUT2D eigenvalue weighted by Crippen LogP contribution is 2.40. The van der Waals surface area contributed by atoms with Crippen LogP contribution < -0.4 is 5.32 Å². The maximum atomic E-state index is 12.8. The molecule has 3 aromatic rings. The fraction of sp³-hybridized carbons (Fsp3) is 0.471. The van der Waals surface area contributed by atoms with Crippen LogP contribution in [-0.4, -0.2) is 42.4 Å². The van der Waals surface area contributed by atoms with Crippen molar-refractivity contribution in [2.45, 2.75) is 39.0 Å². The SMILES string of the molecule is Cc1nc(CCNC(=O)c2cc(C3CC3)nc3c2c(C)nn3C)n[nH]1. The maximum Gasteiger partial charge on any atom is 0.252 e. The summed E-state index contributed by atoms with van der Waals surface area (Å²) in [6.45, 7) is 4.25. The third kappa shape index (κ3) is 2.99. The number of carbonyl (C=O) groups is 1. The largest absolute Gasteiger partial charge is 0.352 e. The summed E-state index contributed by atoms with van der Waals surface area (Å²) in [5.41, 5.74) is 3.24. The van der Waals surface area contributed by atoms with E-state index in [0.29, 0.717) is 30.3 Å². The van der Waals surface area contributed by atoms with Crippen LogP contribution in [0, 0.1) is 13.8 Å². The van der Waals surface area contributed by atoms with Gasteiger partial charge in [-0.15, -0.1) is 0 Å². The first kappa shape index (κ1) is 15.7. The number of nitrogens with zero attached hydrogens (tertiary/aromatic N) is 5. The minimum absolute atomic E-state index is 0.0994. The lowest BCUT2D eigenvalue weighted by Gasteiger charge is -2.08. The minimum atomic E-state index is -0.0994. The number of H-pyrrole nitrogens is 1. The molecule has 1 aliphatic rings. The van der Waals surface area contributed by atoms with Gasteiger partial charge in [0.2, 0.25) is 0 Å². The first-order valence-electron chi connectivity index (χ1n) is 8.53. The Bertz CT molecular complexity index is 951. The van der Waals surface area contributed by atoms with Gasteiger partial charge in [0.15, 0.2) is 11.5 Å². The zero-order valence-electron chi connectivity index (χ0n) is 14.6. The number of hydrogen-bond donors (Lipinski definition) is 2. The second kappa shape index (κ2) is 5.94. The summed E-state index contributed by atoms with van der Waals surface area (Å²) in [6, 6.07) is 1.93. The molecule has 0 atom stereocenters. The molecule has 8 nitrogen and oxygen atoms in total. The lowest BCUT2D eigenvalue weighted by atomic mass is 10.1. The molecule has 0 unspecified atom stereocenters. The number of fused-ring (bicyclic) bond motifs is 1. The third-order valence-electron chi connectivity index (χ3n) is 4.51. The summed E-state index contributed by atoms with van der Waals surface area (Å²) in [4.78, 5) is 21.8. The number of nitrogens with one attached hydrogen (secondary N) is 2. The van der Waals surface area contributed by atoms with E-state index < -0.39 is 0 Å². The molecule has 3 heterocycles. The van der Waals surface area contributed by atoms with Gasteiger partial charge in [-0.25, -0.2) is 9.97 Å². The Balaban J connectivity index is 1.59. The van der Waals surface area contributed by atoms with Gasteiger partial charge < -0.3 is 5.32 Å². The Hall–Kier alpha value is -2.77. The highest BCUT2D eigenvalue weighted by atomic mass is 16.1. The average molecular weight is 339 g/mol. The molecule has 0 saturated heterocycles. The smallest absolute Gasteiger partial charge is 0.252 e. The number of amides is 1. The number of pyridine rings is 1. The Morgan fingerprint density at radius 2 is 2.16 bits per heavy atom. The minimum Gasteiger partial charge on any atom is -0.352 e. The predicted octanol–water partition coefficient (Wildman–Crippen LogP) is 1.55. The lowest BCUT2D eigenvalue weighted by molar-refractivity contribution is 0.0955. The van der Waals surface area contributed by atoms with Crippen molar-refractivity contribution >= 4 is 16.9 Å². The van der Waals surface area contributed by atoms with Crippen molar-refractivity contribution in [3.8, 4) is 0 Å². The second-order valence-corrected chi connectivity index (χ2v) is 6.62. The van der Waals surface area contributed by atoms with Crippen LogP contribution in [0.3, 0.4) is 0 Å². The molecule has 1 saturated carbocycles. The number of aryl methyl sites for hydroxylation is 3. The van der Waals surface area contributed by atoms with Crippen LogP contribution >= 0.6 is 0 Å². The van der Waals surface area contributed by atoms with Gasteiger partial charge in [-0.3, -0.25) is 14.6 Å². The lowest BCUT2D eigenvalue weighted by Crippen LogP contribution is -2.26. The predicted molar refractivity (Wildman–Crippen MR) is 92.4 cm³/mol. The molecule has 0 radical (unpaired) electrons. The summed E-state index contributed by atoms with van der Waals surface area (Å²) in [5, 5.41) is 15.1. The number of aromatic amines is 1. The Morgan fingerprint density at radius 3 is 2.84 bits per heavy atom. The van der Waals surface area contributed by atoms with Crippen LogP contribution in [0.25, 0.3) is 11.0 Å². The highest BCUT2D eigenvalue weighted by Gasteiger charge is 2.28. The zero-order valence-corrected chi connectivity index (χ0v) is 14.6. The molecule has 0 aliphatic heterocycles. The van der Waals surface area contributed by atoms with Gasteiger partial charge in [-0.1, -0.05) is 0 Å². The molecule has 1 fully saturated rings. The number of carbonyl (C=O) groups excluding carboxylic acids is 1. The van der Waals surface area contributed by atoms with E-state index in [1.54, 1.807) is 4.68 Å². The molecule has 2 N–H and O–H groups in total. The molecule has 0 bridgehead atoms. The van der Waals surface area contributed by atoms with E-state index in [1.165, 1.54) is 0 Å². The molecule has 0 spiro atoms. The summed E-state index contributed by atoms with van der Waals surface area (Å²) >= 11 is 0. The number of aromatic nitrogens is 6. The molecule has 4 rings (SSSR count). The van der Waals surface area contributed by atoms with E-state index in [9.17, 15) is 4.79 Å². The van der Waals surface area contributed by atoms with Gasteiger partial charge in [0.25, 0.3) is 5.91 Å². The van der Waals surface area contributed by atoms with Crippen molar-refractivity contribution in [2.75, 3.05) is 6.54 Å². The van der Waals surface area contributed by atoms with Crippen LogP contribution in [0.1, 0.15) is 52.2 Å². The van der Waals surface area contributed by atoms with Gasteiger partial charge in [0.05, 0.1) is 16.6 Å². The first-order chi connectivity index (χ1) is 12.0. The van der Waals surface area contributed by atoms with E-state index in [-0.39, 0.29) is 5.91 Å². The quantitative estimate of drug-likeness (QED) is 0.734. The van der Waals surface area contributed by atoms with Gasteiger partial charge >= 0.3 is 0 Å². The van der Waals surface area contributed by atoms with Crippen LogP contribution in [0.5, 0.6) is 0 Å². The molecular formula is C17H21N7O. The van der Waals surface area contributed by atoms with Gasteiger partial charge in [-0.05, 0) is 32.8 Å². The van der Waals surface area contributed by atoms with Crippen LogP contribution in [0.15, 0.2) is 6.07 Å². The summed E-state index contributed by atoms with van der Waals surface area (Å²) in [6.07, 6.45) is 2.87. The van der Waals surface area contributed by atoms with E-state index >= 15 is 0 Å². The van der Waals surface area contributed by atoms with Crippen molar-refractivity contribution in [1.29, 1.82) is 0 Å². The molecular weight excluding hydrogens is 318 g/mol. The van der Waals surface area contributed by atoms with Crippen molar-refractivity contribution in [3.63, 3.8) is 0 Å². The van der Waals surface area contributed by atoms with E-state index in [2.05, 4.69) is 25.6 Å². The van der Waals surface area contributed by atoms with Crippen molar-refractivity contribution in [1.82, 2.24) is 35.3 Å². The Labute approximate surface area is 145 Å². The molecule has 3 aromatic heterocycles. The molecule has 0 aromatic carbocycles. The summed E-state index contributed by atoms with van der Waals surface area (Å²) in [5.74, 6) is 1.85. The fourth-order valence-corrected chi connectivity index (χ4v) is 3.12. The van der Waals surface area contributed by atoms with Gasteiger partial charge in [-0.2, -0.15) is 10.2 Å². The normalized spacial score (nSPS) is 14.2. The third-order valence-corrected chi connectivity index (χ3v) is 4.51. The molecule has 130 valence electrons. The summed E-state index contributed by atoms with van der Waals surface area (Å²) in [7, 11) is 1.87. The molecule has 25 heavy (non-hydrogen) atoms. The van der Waals surface area contributed by atoms with E-state index in [1.807, 2.05) is 27.0 Å². The van der Waals surface area contributed by atoms with Crippen LogP contribution in [0.4, 0.5) is 0 Å². The topological polar surface area (TPSA) is 101 Å². The van der Waals surface area contributed by atoms with E-state index in [0.717, 1.165) is 41.1 Å². The standard InChI is InChI=1S/C17H21N7O/c1-9-15-12(17(25)18-7-6-14-19-10(2)21-22-14)8-13(11-4-5-11)20-16(15)24(3)23-9/h8,11H,4-7H2,1-3H3,(H,18,25)(H,19,21,22). The monoisotopic (exact) mass is 339 g/mol. The van der Waals surface area contributed by atoms with Crippen LogP contribution in [-0.2, 0) is 13.5 Å². The Morgan fingerprint density at radius 1 is 1.36 bits per heavy atom. The maximum absolute atomic E-state index is 12.8. The van der Waals surface area contributed by atoms with Gasteiger partial charge in [0, 0.05) is 31.6 Å². The fourth-order valence-electron chi connectivity index (χ4n) is 3.12. The Kier molecular flexibility index (Phi) is 3.74. The van der Waals surface area contributed by atoms with E-state index in [4.69, 9.17) is 4.98 Å². The molecule has 8 heteroatoms. The highest BCUT2D eigenvalue weighted by molar-refractivity contribution is 6.06. The van der Waals surface area contributed by atoms with Crippen LogP contribution in [0.2, 0.25) is 0 Å².